The van der Waals surface area contributed by atoms with Gasteiger partial charge in [0.2, 0.25) is 0 Å². The number of ether oxygens (including phenoxy) is 3. The van der Waals surface area contributed by atoms with E-state index in [1.165, 1.54) is 51.4 Å². The average molecular weight is 435 g/mol. The van der Waals surface area contributed by atoms with Gasteiger partial charge in [-0.1, -0.05) is 66.2 Å². The van der Waals surface area contributed by atoms with Crippen LogP contribution >= 0.6 is 0 Å². The minimum absolute atomic E-state index is 0.0733. The van der Waals surface area contributed by atoms with Gasteiger partial charge in [-0.3, -0.25) is 9.80 Å². The van der Waals surface area contributed by atoms with Crippen LogP contribution in [0, 0.1) is 0 Å². The highest BCUT2D eigenvalue weighted by Gasteiger charge is 2.24. The predicted octanol–water partition coefficient (Wildman–Crippen LogP) is 5.93. The molecule has 0 saturated carbocycles. The van der Waals surface area contributed by atoms with Gasteiger partial charge < -0.3 is 14.2 Å². The molecule has 1 aromatic rings. The molecule has 0 amide bonds. The molecule has 5 nitrogen and oxygen atoms in total. The highest BCUT2D eigenvalue weighted by atomic mass is 16.6. The Hall–Kier alpha value is -1.30. The van der Waals surface area contributed by atoms with Crippen LogP contribution < -0.4 is 9.47 Å². The fourth-order valence-corrected chi connectivity index (χ4v) is 4.10. The molecule has 2 atom stereocenters. The standard InChI is InChI=1S/C26H46N2O3/c1-5-9-11-13-19-27(7-3)25-21-29-22-26(28(8-4)20-14-12-10-6-2)31-24-17-15-23(30-25)16-18-24/h15-18,25-26H,5-14,19-22H2,1-4H3. The van der Waals surface area contributed by atoms with Crippen molar-refractivity contribution < 1.29 is 14.2 Å². The zero-order chi connectivity index (χ0) is 22.3. The normalized spacial score (nSPS) is 19.3. The SMILES string of the molecule is CCCCCCN(CC)C1COCC(N(CC)CCCCCC)Oc2ccc(cc2)O1. The van der Waals surface area contributed by atoms with Crippen LogP contribution in [0.15, 0.2) is 24.3 Å². The lowest BCUT2D eigenvalue weighted by Crippen LogP contribution is -2.46. The maximum atomic E-state index is 6.35. The first-order chi connectivity index (χ1) is 15.2. The monoisotopic (exact) mass is 434 g/mol. The molecule has 3 rings (SSSR count). The van der Waals surface area contributed by atoms with E-state index in [2.05, 4.69) is 37.5 Å². The Kier molecular flexibility index (Phi) is 13.0. The molecule has 0 fully saturated rings. The molecule has 2 bridgehead atoms. The minimum Gasteiger partial charge on any atom is -0.473 e. The highest BCUT2D eigenvalue weighted by Crippen LogP contribution is 2.23. The number of unbranched alkanes of at least 4 members (excludes halogenated alkanes) is 6. The Morgan fingerprint density at radius 2 is 1.06 bits per heavy atom. The first-order valence-corrected chi connectivity index (χ1v) is 12.7. The summed E-state index contributed by atoms with van der Waals surface area (Å²) in [6, 6.07) is 8.08. The predicted molar refractivity (Wildman–Crippen MR) is 129 cm³/mol. The summed E-state index contributed by atoms with van der Waals surface area (Å²) >= 11 is 0. The van der Waals surface area contributed by atoms with Crippen LogP contribution in [-0.4, -0.2) is 61.6 Å². The molecule has 2 unspecified atom stereocenters. The van der Waals surface area contributed by atoms with E-state index in [-0.39, 0.29) is 12.5 Å². The first kappa shape index (κ1) is 26.0. The summed E-state index contributed by atoms with van der Waals surface area (Å²) in [7, 11) is 0. The smallest absolute Gasteiger partial charge is 0.176 e. The number of hydrogen-bond donors (Lipinski definition) is 0. The third-order valence-corrected chi connectivity index (χ3v) is 6.11. The molecular weight excluding hydrogens is 388 g/mol. The molecule has 2 aliphatic heterocycles. The lowest BCUT2D eigenvalue weighted by Gasteiger charge is -2.32. The lowest BCUT2D eigenvalue weighted by molar-refractivity contribution is -0.0827. The molecule has 0 radical (unpaired) electrons. The molecule has 0 aliphatic carbocycles. The Morgan fingerprint density at radius 3 is 1.42 bits per heavy atom. The number of benzene rings is 1. The van der Waals surface area contributed by atoms with Gasteiger partial charge in [-0.2, -0.15) is 0 Å². The summed E-state index contributed by atoms with van der Waals surface area (Å²) in [6.07, 6.45) is 9.91. The van der Waals surface area contributed by atoms with Crippen molar-refractivity contribution in [1.29, 1.82) is 0 Å². The van der Waals surface area contributed by atoms with Crippen molar-refractivity contribution in [2.75, 3.05) is 39.4 Å². The van der Waals surface area contributed by atoms with E-state index in [4.69, 9.17) is 14.2 Å². The van der Waals surface area contributed by atoms with E-state index in [9.17, 15) is 0 Å². The third-order valence-electron chi connectivity index (χ3n) is 6.11. The van der Waals surface area contributed by atoms with Gasteiger partial charge >= 0.3 is 0 Å². The van der Waals surface area contributed by atoms with Crippen LogP contribution in [0.5, 0.6) is 11.5 Å². The first-order valence-electron chi connectivity index (χ1n) is 12.7. The summed E-state index contributed by atoms with van der Waals surface area (Å²) in [6.45, 7) is 14.0. The third kappa shape index (κ3) is 9.38. The summed E-state index contributed by atoms with van der Waals surface area (Å²) in [4.78, 5) is 4.80. The van der Waals surface area contributed by atoms with Crippen LogP contribution in [0.25, 0.3) is 0 Å². The second kappa shape index (κ2) is 15.5. The second-order valence-electron chi connectivity index (χ2n) is 8.53. The maximum absolute atomic E-state index is 6.35. The molecule has 1 aromatic carbocycles. The van der Waals surface area contributed by atoms with Crippen LogP contribution in [0.3, 0.4) is 0 Å². The van der Waals surface area contributed by atoms with Crippen molar-refractivity contribution in [3.63, 3.8) is 0 Å². The number of hydrogen-bond acceptors (Lipinski definition) is 5. The molecule has 0 saturated heterocycles. The molecule has 0 aromatic heterocycles. The molecule has 5 heteroatoms. The van der Waals surface area contributed by atoms with Crippen molar-refractivity contribution >= 4 is 0 Å². The van der Waals surface area contributed by atoms with Crippen LogP contribution in [-0.2, 0) is 4.74 Å². The molecule has 0 spiro atoms. The summed E-state index contributed by atoms with van der Waals surface area (Å²) in [5.74, 6) is 1.75. The van der Waals surface area contributed by atoms with Crippen molar-refractivity contribution in [2.24, 2.45) is 0 Å². The van der Waals surface area contributed by atoms with E-state index in [1.807, 2.05) is 24.3 Å². The Balaban J connectivity index is 2.04. The maximum Gasteiger partial charge on any atom is 0.176 e. The largest absolute Gasteiger partial charge is 0.473 e. The fourth-order valence-electron chi connectivity index (χ4n) is 4.10. The molecular formula is C26H46N2O3. The highest BCUT2D eigenvalue weighted by molar-refractivity contribution is 5.31. The van der Waals surface area contributed by atoms with Crippen LogP contribution in [0.2, 0.25) is 0 Å². The van der Waals surface area contributed by atoms with E-state index in [0.29, 0.717) is 13.2 Å². The Labute approximate surface area is 191 Å². The number of fused-ring (bicyclic) bond motifs is 8. The number of nitrogens with zero attached hydrogens (tertiary/aromatic N) is 2. The second-order valence-corrected chi connectivity index (χ2v) is 8.53. The topological polar surface area (TPSA) is 34.2 Å². The van der Waals surface area contributed by atoms with Gasteiger partial charge in [0.05, 0.1) is 13.2 Å². The van der Waals surface area contributed by atoms with Crippen LogP contribution in [0.1, 0.15) is 79.1 Å². The van der Waals surface area contributed by atoms with Gasteiger partial charge in [0.1, 0.15) is 11.5 Å². The summed E-state index contributed by atoms with van der Waals surface area (Å²) < 4.78 is 18.9. The van der Waals surface area contributed by atoms with Crippen molar-refractivity contribution in [3.8, 4) is 11.5 Å². The molecule has 2 heterocycles. The fraction of sp³-hybridized carbons (Fsp3) is 0.769. The van der Waals surface area contributed by atoms with Gasteiger partial charge in [0.25, 0.3) is 0 Å². The molecule has 2 aliphatic rings. The molecule has 178 valence electrons. The van der Waals surface area contributed by atoms with Gasteiger partial charge in [-0.05, 0) is 50.2 Å². The van der Waals surface area contributed by atoms with E-state index in [1.54, 1.807) is 0 Å². The van der Waals surface area contributed by atoms with Crippen molar-refractivity contribution in [1.82, 2.24) is 9.80 Å². The number of likely N-dealkylation sites (N-methyl/N-ethyl adjacent to an activating group) is 2. The van der Waals surface area contributed by atoms with Gasteiger partial charge in [-0.25, -0.2) is 0 Å². The van der Waals surface area contributed by atoms with Gasteiger partial charge in [0.15, 0.2) is 12.5 Å². The number of rotatable bonds is 14. The lowest BCUT2D eigenvalue weighted by atomic mass is 10.2. The zero-order valence-electron chi connectivity index (χ0n) is 20.5. The zero-order valence-corrected chi connectivity index (χ0v) is 20.5. The van der Waals surface area contributed by atoms with E-state index in [0.717, 1.165) is 37.7 Å². The van der Waals surface area contributed by atoms with Crippen molar-refractivity contribution in [3.05, 3.63) is 24.3 Å². The van der Waals surface area contributed by atoms with Gasteiger partial charge in [-0.15, -0.1) is 0 Å². The Morgan fingerprint density at radius 1 is 0.645 bits per heavy atom. The minimum atomic E-state index is -0.0733. The van der Waals surface area contributed by atoms with E-state index >= 15 is 0 Å². The van der Waals surface area contributed by atoms with Crippen molar-refractivity contribution in [2.45, 2.75) is 91.5 Å². The summed E-state index contributed by atoms with van der Waals surface area (Å²) in [5, 5.41) is 0. The molecule has 0 N–H and O–H groups in total. The quantitative estimate of drug-likeness (QED) is 0.268. The average Bonchev–Trinajstić information content (AvgIpc) is 2.85. The molecule has 31 heavy (non-hydrogen) atoms. The van der Waals surface area contributed by atoms with E-state index < -0.39 is 0 Å². The summed E-state index contributed by atoms with van der Waals surface area (Å²) in [5.41, 5.74) is 0. The van der Waals surface area contributed by atoms with Crippen LogP contribution in [0.4, 0.5) is 0 Å². The van der Waals surface area contributed by atoms with Gasteiger partial charge in [0, 0.05) is 13.1 Å². The Bertz CT molecular complexity index is 517.